The Morgan fingerprint density at radius 2 is 2.00 bits per heavy atom. The molecule has 0 amide bonds. The van der Waals surface area contributed by atoms with Crippen LogP contribution in [0.5, 0.6) is 0 Å². The zero-order chi connectivity index (χ0) is 12.8. The number of aromatic nitrogens is 3. The molecule has 2 aromatic rings. The van der Waals surface area contributed by atoms with Crippen molar-refractivity contribution in [3.05, 3.63) is 46.5 Å². The number of unbranched alkanes of at least 4 members (excludes halogenated alkanes) is 2. The van der Waals surface area contributed by atoms with Crippen LogP contribution in [0.4, 0.5) is 0 Å². The Balaban J connectivity index is 2.12. The first-order chi connectivity index (χ1) is 8.81. The molecule has 0 saturated carbocycles. The van der Waals surface area contributed by atoms with Crippen molar-refractivity contribution in [1.29, 1.82) is 0 Å². The minimum atomic E-state index is 0.713. The van der Waals surface area contributed by atoms with E-state index in [9.17, 15) is 0 Å². The smallest absolute Gasteiger partial charge is 0.195 e. The Labute approximate surface area is 113 Å². The Morgan fingerprint density at radius 3 is 2.72 bits per heavy atom. The molecule has 0 aliphatic rings. The fourth-order valence-electron chi connectivity index (χ4n) is 2.00. The second-order valence-corrected chi connectivity index (χ2v) is 4.86. The topological polar surface area (TPSA) is 33.6 Å². The number of hydrogen-bond donors (Lipinski definition) is 1. The minimum Gasteiger partial charge on any atom is -0.300 e. The molecule has 2 rings (SSSR count). The van der Waals surface area contributed by atoms with Crippen LogP contribution in [0.3, 0.4) is 0 Å². The summed E-state index contributed by atoms with van der Waals surface area (Å²) in [5, 5.41) is 7.23. The van der Waals surface area contributed by atoms with E-state index in [2.05, 4.69) is 46.0 Å². The van der Waals surface area contributed by atoms with E-state index in [1.54, 1.807) is 0 Å². The summed E-state index contributed by atoms with van der Waals surface area (Å²) in [6.45, 7) is 3.01. The van der Waals surface area contributed by atoms with E-state index < -0.39 is 0 Å². The summed E-state index contributed by atoms with van der Waals surface area (Å²) in [6, 6.07) is 10.4. The lowest BCUT2D eigenvalue weighted by molar-refractivity contribution is 0.648. The van der Waals surface area contributed by atoms with E-state index >= 15 is 0 Å². The summed E-state index contributed by atoms with van der Waals surface area (Å²) in [6.07, 6.45) is 4.63. The minimum absolute atomic E-state index is 0.713. The molecule has 1 aromatic carbocycles. The van der Waals surface area contributed by atoms with Crippen LogP contribution in [-0.2, 0) is 13.0 Å². The molecule has 1 heterocycles. The summed E-state index contributed by atoms with van der Waals surface area (Å²) in [7, 11) is 0. The van der Waals surface area contributed by atoms with Crippen LogP contribution in [0.25, 0.3) is 0 Å². The molecular weight excluding hydrogens is 242 g/mol. The van der Waals surface area contributed by atoms with Gasteiger partial charge in [0, 0.05) is 6.42 Å². The number of hydrogen-bond acceptors (Lipinski definition) is 2. The van der Waals surface area contributed by atoms with E-state index in [0.717, 1.165) is 18.8 Å². The molecule has 1 aromatic heterocycles. The summed E-state index contributed by atoms with van der Waals surface area (Å²) in [5.41, 5.74) is 1.26. The first-order valence-electron chi connectivity index (χ1n) is 6.49. The fourth-order valence-corrected chi connectivity index (χ4v) is 2.22. The van der Waals surface area contributed by atoms with Gasteiger partial charge in [0.25, 0.3) is 0 Å². The van der Waals surface area contributed by atoms with Gasteiger partial charge >= 0.3 is 0 Å². The zero-order valence-corrected chi connectivity index (χ0v) is 11.5. The van der Waals surface area contributed by atoms with Crippen molar-refractivity contribution in [3.8, 4) is 0 Å². The van der Waals surface area contributed by atoms with Gasteiger partial charge in [0.2, 0.25) is 0 Å². The number of H-pyrrole nitrogens is 1. The Kier molecular flexibility index (Phi) is 4.70. The van der Waals surface area contributed by atoms with Crippen molar-refractivity contribution in [2.24, 2.45) is 0 Å². The van der Waals surface area contributed by atoms with Gasteiger partial charge in [-0.2, -0.15) is 5.10 Å². The van der Waals surface area contributed by atoms with Gasteiger partial charge in [-0.1, -0.05) is 50.1 Å². The first kappa shape index (κ1) is 13.0. The molecule has 0 aliphatic carbocycles. The van der Waals surface area contributed by atoms with Crippen LogP contribution in [0.1, 0.15) is 37.6 Å². The summed E-state index contributed by atoms with van der Waals surface area (Å²) in [4.78, 5) is 0. The molecule has 96 valence electrons. The van der Waals surface area contributed by atoms with Crippen LogP contribution in [0.2, 0.25) is 0 Å². The molecule has 0 saturated heterocycles. The van der Waals surface area contributed by atoms with Gasteiger partial charge in [0.15, 0.2) is 4.77 Å². The zero-order valence-electron chi connectivity index (χ0n) is 10.7. The van der Waals surface area contributed by atoms with Crippen LogP contribution in [0.15, 0.2) is 30.3 Å². The highest BCUT2D eigenvalue weighted by molar-refractivity contribution is 7.71. The number of aryl methyl sites for hydroxylation is 1. The normalized spacial score (nSPS) is 10.7. The highest BCUT2D eigenvalue weighted by atomic mass is 32.1. The van der Waals surface area contributed by atoms with Gasteiger partial charge in [-0.15, -0.1) is 0 Å². The summed E-state index contributed by atoms with van der Waals surface area (Å²) in [5.74, 6) is 1.07. The van der Waals surface area contributed by atoms with Crippen molar-refractivity contribution < 1.29 is 0 Å². The maximum atomic E-state index is 5.30. The first-order valence-corrected chi connectivity index (χ1v) is 6.90. The SMILES string of the molecule is CCCCCc1n[nH]c(=S)n1Cc1ccccc1. The van der Waals surface area contributed by atoms with E-state index in [-0.39, 0.29) is 0 Å². The predicted molar refractivity (Wildman–Crippen MR) is 76.2 cm³/mol. The number of rotatable bonds is 6. The summed E-state index contributed by atoms with van der Waals surface area (Å²) >= 11 is 5.30. The molecule has 18 heavy (non-hydrogen) atoms. The molecule has 1 N–H and O–H groups in total. The lowest BCUT2D eigenvalue weighted by Crippen LogP contribution is -2.05. The third kappa shape index (κ3) is 3.29. The van der Waals surface area contributed by atoms with Crippen LogP contribution < -0.4 is 0 Å². The van der Waals surface area contributed by atoms with Crippen molar-refractivity contribution >= 4 is 12.2 Å². The monoisotopic (exact) mass is 261 g/mol. The second kappa shape index (κ2) is 6.50. The average Bonchev–Trinajstić information content (AvgIpc) is 2.73. The number of benzene rings is 1. The van der Waals surface area contributed by atoms with Crippen LogP contribution in [-0.4, -0.2) is 14.8 Å². The van der Waals surface area contributed by atoms with Crippen molar-refractivity contribution in [1.82, 2.24) is 14.8 Å². The molecular formula is C14H19N3S. The quantitative estimate of drug-likeness (QED) is 0.635. The lowest BCUT2D eigenvalue weighted by atomic mass is 10.2. The van der Waals surface area contributed by atoms with Gasteiger partial charge in [-0.25, -0.2) is 0 Å². The molecule has 0 fully saturated rings. The van der Waals surface area contributed by atoms with Crippen molar-refractivity contribution in [2.45, 2.75) is 39.2 Å². The van der Waals surface area contributed by atoms with Gasteiger partial charge in [0.1, 0.15) is 5.82 Å². The highest BCUT2D eigenvalue weighted by Gasteiger charge is 2.06. The van der Waals surface area contributed by atoms with E-state index in [4.69, 9.17) is 12.2 Å². The standard InChI is InChI=1S/C14H19N3S/c1-2-3-5-10-13-15-16-14(18)17(13)11-12-8-6-4-7-9-12/h4,6-9H,2-3,5,10-11H2,1H3,(H,16,18). The van der Waals surface area contributed by atoms with E-state index in [1.807, 2.05) is 6.07 Å². The largest absolute Gasteiger partial charge is 0.300 e. The highest BCUT2D eigenvalue weighted by Crippen LogP contribution is 2.09. The third-order valence-corrected chi connectivity index (χ3v) is 3.34. The fraction of sp³-hybridized carbons (Fsp3) is 0.429. The Bertz CT molecular complexity index is 527. The van der Waals surface area contributed by atoms with Crippen molar-refractivity contribution in [3.63, 3.8) is 0 Å². The second-order valence-electron chi connectivity index (χ2n) is 4.47. The van der Waals surface area contributed by atoms with Gasteiger partial charge < -0.3 is 0 Å². The Morgan fingerprint density at radius 1 is 1.22 bits per heavy atom. The average molecular weight is 261 g/mol. The molecule has 0 aliphatic heterocycles. The number of nitrogens with one attached hydrogen (secondary N) is 1. The molecule has 0 bridgehead atoms. The van der Waals surface area contributed by atoms with Crippen LogP contribution >= 0.6 is 12.2 Å². The molecule has 3 nitrogen and oxygen atoms in total. The third-order valence-electron chi connectivity index (χ3n) is 3.02. The maximum absolute atomic E-state index is 5.30. The number of aromatic amines is 1. The van der Waals surface area contributed by atoms with Crippen LogP contribution in [0, 0.1) is 4.77 Å². The van der Waals surface area contributed by atoms with Gasteiger partial charge in [-0.05, 0) is 24.2 Å². The molecule has 0 spiro atoms. The van der Waals surface area contributed by atoms with Gasteiger partial charge in [-0.3, -0.25) is 9.67 Å². The molecule has 0 unspecified atom stereocenters. The molecule has 4 heteroatoms. The molecule has 0 radical (unpaired) electrons. The lowest BCUT2D eigenvalue weighted by Gasteiger charge is -2.06. The van der Waals surface area contributed by atoms with Gasteiger partial charge in [0.05, 0.1) is 6.54 Å². The van der Waals surface area contributed by atoms with E-state index in [0.29, 0.717) is 4.77 Å². The van der Waals surface area contributed by atoms with E-state index in [1.165, 1.54) is 24.8 Å². The maximum Gasteiger partial charge on any atom is 0.195 e. The van der Waals surface area contributed by atoms with Crippen molar-refractivity contribution in [2.75, 3.05) is 0 Å². The number of nitrogens with zero attached hydrogens (tertiary/aromatic N) is 2. The summed E-state index contributed by atoms with van der Waals surface area (Å²) < 4.78 is 2.81. The molecule has 0 atom stereocenters. The predicted octanol–water partition coefficient (Wildman–Crippen LogP) is 3.72. The Hall–Kier alpha value is -1.42.